The lowest BCUT2D eigenvalue weighted by molar-refractivity contribution is 0.0387. The Labute approximate surface area is 171 Å². The summed E-state index contributed by atoms with van der Waals surface area (Å²) in [5.41, 5.74) is 0.745. The summed E-state index contributed by atoms with van der Waals surface area (Å²) >= 11 is 6.21. The Morgan fingerprint density at radius 1 is 1.24 bits per heavy atom. The van der Waals surface area contributed by atoms with E-state index in [1.807, 2.05) is 13.8 Å². The lowest BCUT2D eigenvalue weighted by atomic mass is 10.2. The Morgan fingerprint density at radius 2 is 1.97 bits per heavy atom. The zero-order valence-electron chi connectivity index (χ0n) is 16.0. The van der Waals surface area contributed by atoms with Crippen molar-refractivity contribution in [2.24, 2.45) is 0 Å². The first-order valence-corrected chi connectivity index (χ1v) is 9.15. The third kappa shape index (κ3) is 4.42. The molecule has 0 N–H and O–H groups in total. The topological polar surface area (TPSA) is 62.6 Å². The number of hydrogen-bond donors (Lipinski definition) is 0. The van der Waals surface area contributed by atoms with Crippen LogP contribution < -0.4 is 9.47 Å². The summed E-state index contributed by atoms with van der Waals surface area (Å²) in [4.78, 5) is 16.6. The molecule has 0 aliphatic heterocycles. The fourth-order valence-corrected chi connectivity index (χ4v) is 3.07. The van der Waals surface area contributed by atoms with Crippen LogP contribution in [-0.4, -0.2) is 28.7 Å². The first kappa shape index (κ1) is 20.9. The van der Waals surface area contributed by atoms with Gasteiger partial charge in [0.1, 0.15) is 6.61 Å². The molecule has 0 saturated heterocycles. The lowest BCUT2D eigenvalue weighted by Gasteiger charge is -2.16. The van der Waals surface area contributed by atoms with Crippen LogP contribution in [0.1, 0.15) is 36.6 Å². The number of carbonyl (C=O) groups is 1. The number of methoxy groups -OCH3 is 1. The number of esters is 1. The third-order valence-electron chi connectivity index (χ3n) is 4.02. The number of alkyl halides is 2. The number of halogens is 3. The van der Waals surface area contributed by atoms with Crippen LogP contribution in [-0.2, 0) is 11.3 Å². The molecule has 1 heterocycles. The van der Waals surface area contributed by atoms with E-state index in [9.17, 15) is 13.6 Å². The molecule has 0 saturated carbocycles. The number of para-hydroxylation sites is 2. The molecule has 0 amide bonds. The molecule has 0 bridgehead atoms. The van der Waals surface area contributed by atoms with Crippen LogP contribution >= 0.6 is 11.6 Å². The van der Waals surface area contributed by atoms with E-state index in [1.165, 1.54) is 25.3 Å². The number of imidazole rings is 1. The van der Waals surface area contributed by atoms with Crippen molar-refractivity contribution in [1.82, 2.24) is 9.55 Å². The van der Waals surface area contributed by atoms with Gasteiger partial charge in [-0.2, -0.15) is 8.78 Å². The van der Waals surface area contributed by atoms with Gasteiger partial charge in [0, 0.05) is 0 Å². The average Bonchev–Trinajstić information content (AvgIpc) is 3.05. The number of nitrogens with zero attached hydrogens (tertiary/aromatic N) is 2. The van der Waals surface area contributed by atoms with Crippen molar-refractivity contribution in [3.05, 3.63) is 52.8 Å². The fourth-order valence-electron chi connectivity index (χ4n) is 2.82. The van der Waals surface area contributed by atoms with Crippen LogP contribution in [0.3, 0.4) is 0 Å². The number of hydrogen-bond acceptors (Lipinski definition) is 5. The van der Waals surface area contributed by atoms with Crippen LogP contribution in [0.25, 0.3) is 11.0 Å². The van der Waals surface area contributed by atoms with E-state index >= 15 is 0 Å². The smallest absolute Gasteiger partial charge is 0.338 e. The normalized spacial score (nSPS) is 11.3. The Bertz CT molecular complexity index is 1040. The van der Waals surface area contributed by atoms with E-state index < -0.39 is 19.1 Å². The number of carbonyl (C=O) groups excluding carboxylic acids is 1. The lowest BCUT2D eigenvalue weighted by Crippen LogP contribution is -2.12. The van der Waals surface area contributed by atoms with Gasteiger partial charge in [0.15, 0.2) is 17.3 Å². The van der Waals surface area contributed by atoms with Crippen LogP contribution in [0, 0.1) is 0 Å². The van der Waals surface area contributed by atoms with Gasteiger partial charge in [-0.25, -0.2) is 9.78 Å². The van der Waals surface area contributed by atoms with Gasteiger partial charge in [0.25, 0.3) is 0 Å². The first-order valence-electron chi connectivity index (χ1n) is 8.77. The molecule has 6 nitrogen and oxygen atoms in total. The summed E-state index contributed by atoms with van der Waals surface area (Å²) in [5.74, 6) is -0.250. The minimum absolute atomic E-state index is 0.0626. The van der Waals surface area contributed by atoms with Crippen molar-refractivity contribution in [3.63, 3.8) is 0 Å². The van der Waals surface area contributed by atoms with E-state index in [2.05, 4.69) is 4.98 Å². The van der Waals surface area contributed by atoms with Gasteiger partial charge in [-0.3, -0.25) is 4.57 Å². The van der Waals surface area contributed by atoms with Crippen molar-refractivity contribution in [2.45, 2.75) is 33.1 Å². The SMILES string of the molecule is COc1cc(C(=O)OCc2nc3ccccc3n2C(F)F)cc(Cl)c1OC(C)C. The molecule has 0 aliphatic carbocycles. The van der Waals surface area contributed by atoms with Crippen molar-refractivity contribution < 1.29 is 27.8 Å². The molecule has 154 valence electrons. The van der Waals surface area contributed by atoms with Crippen molar-refractivity contribution in [3.8, 4) is 11.5 Å². The molecule has 2 aromatic carbocycles. The monoisotopic (exact) mass is 424 g/mol. The highest BCUT2D eigenvalue weighted by molar-refractivity contribution is 6.32. The number of ether oxygens (including phenoxy) is 3. The maximum absolute atomic E-state index is 13.5. The maximum atomic E-state index is 13.5. The highest BCUT2D eigenvalue weighted by Gasteiger charge is 2.21. The molecule has 3 rings (SSSR count). The Morgan fingerprint density at radius 3 is 2.62 bits per heavy atom. The molecule has 0 spiro atoms. The first-order chi connectivity index (χ1) is 13.8. The second kappa shape index (κ2) is 8.65. The summed E-state index contributed by atoms with van der Waals surface area (Å²) in [6.45, 7) is 0.403. The maximum Gasteiger partial charge on any atom is 0.338 e. The molecule has 3 aromatic rings. The summed E-state index contributed by atoms with van der Waals surface area (Å²) in [5, 5.41) is 0.171. The molecule has 0 fully saturated rings. The molecule has 0 aliphatic rings. The van der Waals surface area contributed by atoms with Gasteiger partial charge in [-0.05, 0) is 38.1 Å². The summed E-state index contributed by atoms with van der Waals surface area (Å²) < 4.78 is 43.7. The molecule has 9 heteroatoms. The van der Waals surface area contributed by atoms with E-state index in [-0.39, 0.29) is 33.8 Å². The van der Waals surface area contributed by atoms with Crippen molar-refractivity contribution in [1.29, 1.82) is 0 Å². The second-order valence-electron chi connectivity index (χ2n) is 6.40. The largest absolute Gasteiger partial charge is 0.493 e. The zero-order valence-corrected chi connectivity index (χ0v) is 16.7. The molecule has 1 aromatic heterocycles. The number of aromatic nitrogens is 2. The third-order valence-corrected chi connectivity index (χ3v) is 4.30. The van der Waals surface area contributed by atoms with Crippen LogP contribution in [0.5, 0.6) is 11.5 Å². The van der Waals surface area contributed by atoms with Crippen LogP contribution in [0.15, 0.2) is 36.4 Å². The van der Waals surface area contributed by atoms with Crippen LogP contribution in [0.4, 0.5) is 8.78 Å². The highest BCUT2D eigenvalue weighted by atomic mass is 35.5. The summed E-state index contributed by atoms with van der Waals surface area (Å²) in [6, 6.07) is 9.25. The van der Waals surface area contributed by atoms with Gasteiger partial charge in [0.05, 0.1) is 34.8 Å². The Balaban J connectivity index is 1.84. The Hall–Kier alpha value is -2.87. The van der Waals surface area contributed by atoms with Gasteiger partial charge >= 0.3 is 12.5 Å². The minimum Gasteiger partial charge on any atom is -0.493 e. The summed E-state index contributed by atoms with van der Waals surface area (Å²) in [7, 11) is 1.42. The van der Waals surface area contributed by atoms with Crippen molar-refractivity contribution in [2.75, 3.05) is 7.11 Å². The molecular formula is C20H19ClF2N2O4. The van der Waals surface area contributed by atoms with Gasteiger partial charge in [0.2, 0.25) is 0 Å². The standard InChI is InChI=1S/C20H19ClF2N2O4/c1-11(2)29-18-13(21)8-12(9-16(18)27-3)19(26)28-10-17-24-14-6-4-5-7-15(14)25(17)20(22)23/h4-9,11,20H,10H2,1-3H3. The summed E-state index contributed by atoms with van der Waals surface area (Å²) in [6.07, 6.45) is -0.151. The van der Waals surface area contributed by atoms with Crippen LogP contribution in [0.2, 0.25) is 5.02 Å². The predicted octanol–water partition coefficient (Wildman–Crippen LogP) is 5.24. The quantitative estimate of drug-likeness (QED) is 0.485. The van der Waals surface area contributed by atoms with E-state index in [0.29, 0.717) is 11.3 Å². The number of fused-ring (bicyclic) bond motifs is 1. The highest BCUT2D eigenvalue weighted by Crippen LogP contribution is 2.37. The fraction of sp³-hybridized carbons (Fsp3) is 0.300. The Kier molecular flexibility index (Phi) is 6.22. The molecule has 0 unspecified atom stereocenters. The molecule has 0 atom stereocenters. The van der Waals surface area contributed by atoms with E-state index in [4.69, 9.17) is 25.8 Å². The molecule has 0 radical (unpaired) electrons. The minimum atomic E-state index is -2.82. The van der Waals surface area contributed by atoms with Gasteiger partial charge < -0.3 is 14.2 Å². The van der Waals surface area contributed by atoms with Crippen molar-refractivity contribution >= 4 is 28.6 Å². The molecule has 29 heavy (non-hydrogen) atoms. The van der Waals surface area contributed by atoms with Gasteiger partial charge in [-0.15, -0.1) is 0 Å². The predicted molar refractivity (Wildman–Crippen MR) is 104 cm³/mol. The second-order valence-corrected chi connectivity index (χ2v) is 6.80. The zero-order chi connectivity index (χ0) is 21.1. The van der Waals surface area contributed by atoms with E-state index in [0.717, 1.165) is 4.57 Å². The van der Waals surface area contributed by atoms with E-state index in [1.54, 1.807) is 18.2 Å². The van der Waals surface area contributed by atoms with Gasteiger partial charge in [-0.1, -0.05) is 23.7 Å². The average molecular weight is 425 g/mol. The molecular weight excluding hydrogens is 406 g/mol. The number of benzene rings is 2. The number of rotatable bonds is 7.